The molecule has 0 radical (unpaired) electrons. The summed E-state index contributed by atoms with van der Waals surface area (Å²) in [5.41, 5.74) is 2.54. The number of phenolic OH excluding ortho intramolecular Hbond substituents is 1. The van der Waals surface area contributed by atoms with Crippen LogP contribution in [0, 0.1) is 0 Å². The Morgan fingerprint density at radius 1 is 0.774 bits per heavy atom. The molecule has 31 heavy (non-hydrogen) atoms. The number of halogens is 2. The predicted molar refractivity (Wildman–Crippen MR) is 128 cm³/mol. The number of hydrogen-bond donors (Lipinski definition) is 1. The van der Waals surface area contributed by atoms with Crippen LogP contribution in [0.3, 0.4) is 0 Å². The van der Waals surface area contributed by atoms with Crippen molar-refractivity contribution in [2.75, 3.05) is 0 Å². The summed E-state index contributed by atoms with van der Waals surface area (Å²) in [4.78, 5) is 0. The monoisotopic (exact) mass is 522 g/mol. The Morgan fingerprint density at radius 3 is 1.97 bits per heavy atom. The van der Waals surface area contributed by atoms with E-state index in [1.54, 1.807) is 10.9 Å². The van der Waals surface area contributed by atoms with Crippen molar-refractivity contribution in [3.8, 4) is 16.9 Å². The SMILES string of the molecule is Oc1c(/C=N/n2cccc2)cccc1-c1c2ccccc2cc2ccccc12.[Cl][Zr][Cl]. The van der Waals surface area contributed by atoms with Crippen molar-refractivity contribution in [1.82, 2.24) is 4.68 Å². The topological polar surface area (TPSA) is 37.5 Å². The standard InChI is InChI=1S/C25H18N2O.2ClH.Zr/c28-25-20(17-26-27-14-5-6-15-27)10-7-13-23(25)24-21-11-3-1-8-18(21)16-19-9-2-4-12-22(19)24;;;/h1-17,28H;2*1H;/q;;;+2/p-2/b26-17+;;;. The van der Waals surface area contributed by atoms with E-state index >= 15 is 0 Å². The number of nitrogens with zero attached hydrogens (tertiary/aromatic N) is 2. The van der Waals surface area contributed by atoms with Gasteiger partial charge in [-0.15, -0.1) is 0 Å². The molecule has 5 rings (SSSR count). The summed E-state index contributed by atoms with van der Waals surface area (Å²) in [5, 5.41) is 20.0. The fourth-order valence-corrected chi connectivity index (χ4v) is 3.70. The Kier molecular flexibility index (Phi) is 7.24. The third-order valence-corrected chi connectivity index (χ3v) is 5.03. The maximum atomic E-state index is 11.1. The summed E-state index contributed by atoms with van der Waals surface area (Å²) in [6.07, 6.45) is 5.40. The van der Waals surface area contributed by atoms with Crippen molar-refractivity contribution in [2.45, 2.75) is 0 Å². The van der Waals surface area contributed by atoms with Gasteiger partial charge in [-0.05, 0) is 45.8 Å². The first-order chi connectivity index (χ1) is 15.2. The molecule has 0 spiro atoms. The molecule has 6 heteroatoms. The molecule has 0 aliphatic carbocycles. The van der Waals surface area contributed by atoms with Crippen LogP contribution in [-0.4, -0.2) is 16.0 Å². The maximum absolute atomic E-state index is 11.1. The molecule has 0 saturated carbocycles. The molecule has 0 aliphatic heterocycles. The van der Waals surface area contributed by atoms with Gasteiger partial charge in [-0.1, -0.05) is 60.7 Å². The zero-order valence-corrected chi connectivity index (χ0v) is 20.4. The molecule has 0 bridgehead atoms. The number of aromatic hydroxyl groups is 1. The van der Waals surface area contributed by atoms with Crippen LogP contribution in [0.1, 0.15) is 5.56 Å². The minimum atomic E-state index is -0.826. The van der Waals surface area contributed by atoms with Gasteiger partial charge in [-0.25, -0.2) is 4.68 Å². The van der Waals surface area contributed by atoms with Crippen molar-refractivity contribution in [3.05, 3.63) is 103 Å². The second-order valence-electron chi connectivity index (χ2n) is 6.82. The molecule has 0 saturated heterocycles. The number of rotatable bonds is 3. The fourth-order valence-electron chi connectivity index (χ4n) is 3.70. The van der Waals surface area contributed by atoms with E-state index in [-0.39, 0.29) is 5.75 Å². The Labute approximate surface area is 199 Å². The van der Waals surface area contributed by atoms with Crippen LogP contribution < -0.4 is 0 Å². The third kappa shape index (κ3) is 4.77. The molecule has 1 N–H and O–H groups in total. The molecular formula is C25H18Cl2N2OZr. The second-order valence-corrected chi connectivity index (χ2v) is 10.5. The Balaban J connectivity index is 0.000000730. The zero-order valence-electron chi connectivity index (χ0n) is 16.4. The van der Waals surface area contributed by atoms with Crippen LogP contribution in [0.15, 0.2) is 102 Å². The summed E-state index contributed by atoms with van der Waals surface area (Å²) < 4.78 is 1.71. The first kappa shape index (κ1) is 21.8. The van der Waals surface area contributed by atoms with Crippen LogP contribution >= 0.6 is 17.0 Å². The first-order valence-corrected chi connectivity index (χ1v) is 15.9. The molecular weight excluding hydrogens is 506 g/mol. The average Bonchev–Trinajstić information content (AvgIpc) is 3.31. The molecule has 0 unspecified atom stereocenters. The van der Waals surface area contributed by atoms with Gasteiger partial charge in [0.15, 0.2) is 0 Å². The molecule has 3 nitrogen and oxygen atoms in total. The van der Waals surface area contributed by atoms with E-state index in [2.05, 4.69) is 35.4 Å². The molecule has 4 aromatic carbocycles. The summed E-state index contributed by atoms with van der Waals surface area (Å²) in [6.45, 7) is 0. The Hall–Kier alpha value is -2.39. The van der Waals surface area contributed by atoms with Gasteiger partial charge in [0.25, 0.3) is 0 Å². The number of aromatic nitrogens is 1. The first-order valence-electron chi connectivity index (χ1n) is 9.59. The van der Waals surface area contributed by atoms with Gasteiger partial charge in [0.05, 0.1) is 6.21 Å². The van der Waals surface area contributed by atoms with Gasteiger partial charge in [0.2, 0.25) is 0 Å². The zero-order chi connectivity index (χ0) is 21.6. The molecule has 0 aliphatic rings. The van der Waals surface area contributed by atoms with E-state index in [0.717, 1.165) is 32.7 Å². The number of para-hydroxylation sites is 1. The van der Waals surface area contributed by atoms with E-state index in [1.807, 2.05) is 67.0 Å². The summed E-state index contributed by atoms with van der Waals surface area (Å²) in [6, 6.07) is 28.4. The fraction of sp³-hybridized carbons (Fsp3) is 0. The van der Waals surface area contributed by atoms with Crippen LogP contribution in [0.2, 0.25) is 0 Å². The Morgan fingerprint density at radius 2 is 1.35 bits per heavy atom. The normalized spacial score (nSPS) is 10.9. The minimum absolute atomic E-state index is 0.236. The molecule has 0 amide bonds. The third-order valence-electron chi connectivity index (χ3n) is 5.03. The van der Waals surface area contributed by atoms with Crippen molar-refractivity contribution < 1.29 is 26.0 Å². The second kappa shape index (κ2) is 10.3. The molecule has 1 heterocycles. The van der Waals surface area contributed by atoms with Crippen LogP contribution in [-0.2, 0) is 20.8 Å². The molecule has 1 aromatic heterocycles. The molecule has 0 fully saturated rings. The van der Waals surface area contributed by atoms with Crippen LogP contribution in [0.4, 0.5) is 0 Å². The molecule has 5 aromatic rings. The van der Waals surface area contributed by atoms with E-state index in [0.29, 0.717) is 5.56 Å². The van der Waals surface area contributed by atoms with E-state index in [4.69, 9.17) is 17.0 Å². The van der Waals surface area contributed by atoms with Crippen molar-refractivity contribution in [1.29, 1.82) is 0 Å². The summed E-state index contributed by atoms with van der Waals surface area (Å²) in [5.74, 6) is 0.236. The van der Waals surface area contributed by atoms with Gasteiger partial charge in [-0.3, -0.25) is 0 Å². The van der Waals surface area contributed by atoms with E-state index in [9.17, 15) is 5.11 Å². The number of fused-ring (bicyclic) bond motifs is 2. The van der Waals surface area contributed by atoms with Crippen LogP contribution in [0.25, 0.3) is 32.7 Å². The van der Waals surface area contributed by atoms with Crippen molar-refractivity contribution in [2.24, 2.45) is 5.10 Å². The van der Waals surface area contributed by atoms with Crippen molar-refractivity contribution >= 4 is 44.8 Å². The average molecular weight is 525 g/mol. The Bertz CT molecular complexity index is 1300. The number of hydrogen-bond acceptors (Lipinski definition) is 2. The summed E-state index contributed by atoms with van der Waals surface area (Å²) >= 11 is -0.826. The quantitative estimate of drug-likeness (QED) is 0.194. The van der Waals surface area contributed by atoms with Gasteiger partial charge >= 0.3 is 37.9 Å². The van der Waals surface area contributed by atoms with Gasteiger partial charge in [-0.2, -0.15) is 5.10 Å². The predicted octanol–water partition coefficient (Wildman–Crippen LogP) is 7.43. The number of benzene rings is 4. The molecule has 152 valence electrons. The van der Waals surface area contributed by atoms with E-state index < -0.39 is 20.8 Å². The number of phenols is 1. The van der Waals surface area contributed by atoms with Crippen molar-refractivity contribution in [3.63, 3.8) is 0 Å². The van der Waals surface area contributed by atoms with E-state index in [1.165, 1.54) is 0 Å². The van der Waals surface area contributed by atoms with Gasteiger partial charge in [0, 0.05) is 29.1 Å². The van der Waals surface area contributed by atoms with Gasteiger partial charge in [0.1, 0.15) is 5.75 Å². The van der Waals surface area contributed by atoms with Gasteiger partial charge < -0.3 is 5.11 Å². The van der Waals surface area contributed by atoms with Crippen LogP contribution in [0.5, 0.6) is 5.75 Å². The summed E-state index contributed by atoms with van der Waals surface area (Å²) in [7, 11) is 9.87. The molecule has 0 atom stereocenters.